The molecule has 0 fully saturated rings. The molecule has 0 aliphatic heterocycles. The van der Waals surface area contributed by atoms with Crippen molar-refractivity contribution in [1.82, 2.24) is 0 Å². The molecule has 0 aliphatic carbocycles. The molecule has 2 aromatic carbocycles. The molecule has 0 saturated carbocycles. The molecular weight excluding hydrogens is 418 g/mol. The van der Waals surface area contributed by atoms with E-state index >= 15 is 0 Å². The van der Waals surface area contributed by atoms with Crippen LogP contribution >= 0.6 is 0 Å². The van der Waals surface area contributed by atoms with Gasteiger partial charge in [0, 0.05) is 5.56 Å². The highest BCUT2D eigenvalue weighted by Crippen LogP contribution is 2.27. The van der Waals surface area contributed by atoms with Crippen LogP contribution in [0.3, 0.4) is 0 Å². The monoisotopic (exact) mass is 449 g/mol. The number of hydrogen-bond acceptors (Lipinski definition) is 6. The van der Waals surface area contributed by atoms with E-state index in [2.05, 4.69) is 6.92 Å². The summed E-state index contributed by atoms with van der Waals surface area (Å²) in [6, 6.07) is 12.8. The van der Waals surface area contributed by atoms with Crippen LogP contribution in [0.5, 0.6) is 5.75 Å². The number of rotatable bonds is 12. The molecule has 0 radical (unpaired) electrons. The predicted molar refractivity (Wildman–Crippen MR) is 129 cm³/mol. The van der Waals surface area contributed by atoms with E-state index in [1.165, 1.54) is 32.1 Å². The highest BCUT2D eigenvalue weighted by molar-refractivity contribution is 6.14. The molecule has 33 heavy (non-hydrogen) atoms. The van der Waals surface area contributed by atoms with Crippen LogP contribution < -0.4 is 5.63 Å². The van der Waals surface area contributed by atoms with Crippen molar-refractivity contribution in [2.24, 2.45) is 0 Å². The highest BCUT2D eigenvalue weighted by Gasteiger charge is 2.19. The Morgan fingerprint density at radius 3 is 2.21 bits per heavy atom. The first-order valence-electron chi connectivity index (χ1n) is 11.6. The molecule has 0 amide bonds. The lowest BCUT2D eigenvalue weighted by Crippen LogP contribution is -2.15. The first-order valence-corrected chi connectivity index (χ1v) is 11.6. The first-order chi connectivity index (χ1) is 16.0. The van der Waals surface area contributed by atoms with Gasteiger partial charge in [-0.3, -0.25) is 5.41 Å². The Balaban J connectivity index is 1.55. The fourth-order valence-corrected chi connectivity index (χ4v) is 3.76. The molecule has 0 aliphatic rings. The molecular formula is C27H31NO5. The molecule has 0 spiro atoms. The number of hydrogen-bond donors (Lipinski definition) is 2. The van der Waals surface area contributed by atoms with Crippen LogP contribution in [0.1, 0.15) is 79.8 Å². The minimum Gasteiger partial charge on any atom is -0.506 e. The summed E-state index contributed by atoms with van der Waals surface area (Å²) < 4.78 is 10.6. The van der Waals surface area contributed by atoms with Gasteiger partial charge < -0.3 is 14.3 Å². The van der Waals surface area contributed by atoms with E-state index in [9.17, 15) is 14.7 Å². The van der Waals surface area contributed by atoms with Crippen molar-refractivity contribution in [2.75, 3.05) is 6.61 Å². The van der Waals surface area contributed by atoms with E-state index in [-0.39, 0.29) is 22.6 Å². The number of esters is 1. The number of carbonyl (C=O) groups excluding carboxylic acids is 1. The van der Waals surface area contributed by atoms with Gasteiger partial charge in [0.05, 0.1) is 23.3 Å². The lowest BCUT2D eigenvalue weighted by atomic mass is 10.0. The first kappa shape index (κ1) is 24.2. The summed E-state index contributed by atoms with van der Waals surface area (Å²) in [5.74, 6) is -0.704. The minimum atomic E-state index is -0.787. The third kappa shape index (κ3) is 6.31. The second-order valence-electron chi connectivity index (χ2n) is 8.17. The number of carbonyl (C=O) groups is 1. The molecule has 1 heterocycles. The zero-order chi connectivity index (χ0) is 23.6. The van der Waals surface area contributed by atoms with Gasteiger partial charge in [-0.1, -0.05) is 76.1 Å². The van der Waals surface area contributed by atoms with Crippen molar-refractivity contribution >= 4 is 22.7 Å². The van der Waals surface area contributed by atoms with E-state index in [1.54, 1.807) is 48.5 Å². The fraction of sp³-hybridized carbons (Fsp3) is 0.370. The Morgan fingerprint density at radius 2 is 1.52 bits per heavy atom. The molecule has 3 rings (SSSR count). The van der Waals surface area contributed by atoms with E-state index in [0.29, 0.717) is 23.1 Å². The number of aromatic hydroxyl groups is 1. The van der Waals surface area contributed by atoms with E-state index in [4.69, 9.17) is 14.6 Å². The normalized spacial score (nSPS) is 10.9. The second-order valence-corrected chi connectivity index (χ2v) is 8.17. The Bertz CT molecular complexity index is 1150. The van der Waals surface area contributed by atoms with Gasteiger partial charge in [-0.05, 0) is 30.7 Å². The van der Waals surface area contributed by atoms with Crippen molar-refractivity contribution in [2.45, 2.75) is 58.3 Å². The lowest BCUT2D eigenvalue weighted by molar-refractivity contribution is 0.0497. The number of unbranched alkanes of at least 4 members (excludes halogenated alkanes) is 7. The highest BCUT2D eigenvalue weighted by atomic mass is 16.5. The molecule has 1 aromatic heterocycles. The van der Waals surface area contributed by atoms with Gasteiger partial charge in [0.15, 0.2) is 0 Å². The van der Waals surface area contributed by atoms with Gasteiger partial charge in [-0.2, -0.15) is 0 Å². The largest absolute Gasteiger partial charge is 0.506 e. The van der Waals surface area contributed by atoms with Crippen molar-refractivity contribution < 1.29 is 19.1 Å². The number of ether oxygens (including phenoxy) is 1. The molecule has 3 aromatic rings. The molecule has 174 valence electrons. The average molecular weight is 450 g/mol. The maximum atomic E-state index is 12.4. The topological polar surface area (TPSA) is 101 Å². The summed E-state index contributed by atoms with van der Waals surface area (Å²) in [6.45, 7) is 2.59. The third-order valence-corrected chi connectivity index (χ3v) is 5.68. The number of benzene rings is 2. The molecule has 0 atom stereocenters. The maximum absolute atomic E-state index is 12.4. The van der Waals surface area contributed by atoms with Crippen molar-refractivity contribution in [3.05, 3.63) is 75.6 Å². The van der Waals surface area contributed by atoms with Crippen LogP contribution in [0.2, 0.25) is 0 Å². The summed E-state index contributed by atoms with van der Waals surface area (Å²) in [6.07, 6.45) is 9.40. The van der Waals surface area contributed by atoms with Crippen LogP contribution in [0, 0.1) is 5.41 Å². The van der Waals surface area contributed by atoms with Crippen LogP contribution in [-0.2, 0) is 4.74 Å². The predicted octanol–water partition coefficient (Wildman–Crippen LogP) is 6.21. The standard InChI is InChI=1S/C27H31NO5/c1-2-3-4-5-6-7-8-11-18-32-26(30)20-16-14-19(15-17-20)24(28)23-25(29)21-12-9-10-13-22(21)33-27(23)31/h9-10,12-17,28-29H,2-8,11,18H2,1H3. The fourth-order valence-electron chi connectivity index (χ4n) is 3.76. The Kier molecular flexibility index (Phi) is 8.81. The van der Waals surface area contributed by atoms with Gasteiger partial charge in [-0.25, -0.2) is 9.59 Å². The Morgan fingerprint density at radius 1 is 0.909 bits per heavy atom. The summed E-state index contributed by atoms with van der Waals surface area (Å²) in [5.41, 5.74) is -0.158. The smallest absolute Gasteiger partial charge is 0.349 e. The van der Waals surface area contributed by atoms with E-state index in [1.807, 2.05) is 0 Å². The van der Waals surface area contributed by atoms with Crippen molar-refractivity contribution in [3.63, 3.8) is 0 Å². The lowest BCUT2D eigenvalue weighted by Gasteiger charge is -2.09. The SMILES string of the molecule is CCCCCCCCCCOC(=O)c1ccc(C(=N)c2c(O)c3ccccc3oc2=O)cc1. The molecule has 6 heteroatoms. The Labute approximate surface area is 193 Å². The molecule has 0 saturated heterocycles. The Hall–Kier alpha value is -3.41. The van der Waals surface area contributed by atoms with Gasteiger partial charge >= 0.3 is 11.6 Å². The summed E-state index contributed by atoms with van der Waals surface area (Å²) in [4.78, 5) is 24.6. The van der Waals surface area contributed by atoms with Crippen molar-refractivity contribution in [3.8, 4) is 5.75 Å². The summed E-state index contributed by atoms with van der Waals surface area (Å²) in [7, 11) is 0. The van der Waals surface area contributed by atoms with Gasteiger partial charge in [0.25, 0.3) is 0 Å². The quantitative estimate of drug-likeness (QED) is 0.148. The number of nitrogens with one attached hydrogen (secondary N) is 1. The zero-order valence-electron chi connectivity index (χ0n) is 19.1. The van der Waals surface area contributed by atoms with Crippen LogP contribution in [-0.4, -0.2) is 23.4 Å². The number of fused-ring (bicyclic) bond motifs is 1. The molecule has 2 N–H and O–H groups in total. The van der Waals surface area contributed by atoms with E-state index < -0.39 is 11.6 Å². The van der Waals surface area contributed by atoms with Crippen LogP contribution in [0.15, 0.2) is 57.7 Å². The van der Waals surface area contributed by atoms with Gasteiger partial charge in [0.2, 0.25) is 0 Å². The molecule has 0 bridgehead atoms. The van der Waals surface area contributed by atoms with Gasteiger partial charge in [0.1, 0.15) is 16.9 Å². The molecule has 0 unspecified atom stereocenters. The van der Waals surface area contributed by atoms with Gasteiger partial charge in [-0.15, -0.1) is 0 Å². The van der Waals surface area contributed by atoms with E-state index in [0.717, 1.165) is 19.3 Å². The maximum Gasteiger partial charge on any atom is 0.349 e. The number of para-hydroxylation sites is 1. The van der Waals surface area contributed by atoms with Crippen LogP contribution in [0.25, 0.3) is 11.0 Å². The van der Waals surface area contributed by atoms with Crippen LogP contribution in [0.4, 0.5) is 0 Å². The average Bonchev–Trinajstić information content (AvgIpc) is 2.83. The zero-order valence-corrected chi connectivity index (χ0v) is 19.1. The minimum absolute atomic E-state index is 0.175. The summed E-state index contributed by atoms with van der Waals surface area (Å²) in [5, 5.41) is 19.3. The summed E-state index contributed by atoms with van der Waals surface area (Å²) >= 11 is 0. The van der Waals surface area contributed by atoms with Crippen molar-refractivity contribution in [1.29, 1.82) is 5.41 Å². The third-order valence-electron chi connectivity index (χ3n) is 5.68. The second kappa shape index (κ2) is 12.0. The molecule has 6 nitrogen and oxygen atoms in total.